The highest BCUT2D eigenvalue weighted by Crippen LogP contribution is 2.16. The molecule has 0 aliphatic rings. The number of carbonyl (C=O) groups excluding carboxylic acids is 1. The molecule has 1 aromatic carbocycles. The van der Waals surface area contributed by atoms with Gasteiger partial charge in [-0.25, -0.2) is 4.98 Å². The molecule has 0 radical (unpaired) electrons. The minimum atomic E-state index is -0.593. The van der Waals surface area contributed by atoms with Gasteiger partial charge in [-0.05, 0) is 29.8 Å². The Balaban J connectivity index is 1.94. The fourth-order valence-electron chi connectivity index (χ4n) is 1.76. The molecule has 0 spiro atoms. The highest BCUT2D eigenvalue weighted by Gasteiger charge is 2.09. The van der Waals surface area contributed by atoms with Crippen molar-refractivity contribution in [1.82, 2.24) is 4.98 Å². The van der Waals surface area contributed by atoms with E-state index in [1.165, 1.54) is 6.20 Å². The van der Waals surface area contributed by atoms with Gasteiger partial charge >= 0.3 is 0 Å². The summed E-state index contributed by atoms with van der Waals surface area (Å²) in [6.45, 7) is 0.443. The number of ether oxygens (including phenoxy) is 2. The quantitative estimate of drug-likeness (QED) is 0.870. The lowest BCUT2D eigenvalue weighted by molar-refractivity contribution is 0.0991. The summed E-state index contributed by atoms with van der Waals surface area (Å²) in [6.07, 6.45) is 2.23. The minimum absolute atomic E-state index is 0.155. The number of nitrogens with two attached hydrogens (primary N) is 1. The first kappa shape index (κ1) is 13.9. The van der Waals surface area contributed by atoms with Crippen molar-refractivity contribution in [1.29, 1.82) is 0 Å². The molecule has 0 aliphatic heterocycles. The van der Waals surface area contributed by atoms with Gasteiger partial charge < -0.3 is 15.2 Å². The van der Waals surface area contributed by atoms with E-state index in [2.05, 4.69) is 4.98 Å². The summed E-state index contributed by atoms with van der Waals surface area (Å²) in [4.78, 5) is 15.1. The Morgan fingerprint density at radius 2 is 2.00 bits per heavy atom. The van der Waals surface area contributed by atoms with Gasteiger partial charge in [-0.3, -0.25) is 4.79 Å². The number of amides is 1. The second kappa shape index (κ2) is 6.56. The summed E-state index contributed by atoms with van der Waals surface area (Å²) in [7, 11) is 1.63. The van der Waals surface area contributed by atoms with Gasteiger partial charge in [0.1, 0.15) is 5.75 Å². The molecule has 0 unspecified atom stereocenters. The minimum Gasteiger partial charge on any atom is -0.497 e. The number of aromatic nitrogens is 1. The van der Waals surface area contributed by atoms with E-state index in [-0.39, 0.29) is 5.69 Å². The highest BCUT2D eigenvalue weighted by atomic mass is 16.5. The molecule has 0 aliphatic carbocycles. The van der Waals surface area contributed by atoms with Crippen molar-refractivity contribution in [3.8, 4) is 11.5 Å². The predicted octanol–water partition coefficient (Wildman–Crippen LogP) is 1.81. The van der Waals surface area contributed by atoms with Crippen LogP contribution in [0.2, 0.25) is 0 Å². The highest BCUT2D eigenvalue weighted by molar-refractivity contribution is 5.93. The van der Waals surface area contributed by atoms with Crippen LogP contribution >= 0.6 is 0 Å². The maximum Gasteiger partial charge on any atom is 0.271 e. The van der Waals surface area contributed by atoms with Crippen LogP contribution in [0.15, 0.2) is 42.6 Å². The zero-order chi connectivity index (χ0) is 14.4. The number of hydrogen-bond acceptors (Lipinski definition) is 4. The Morgan fingerprint density at radius 1 is 1.25 bits per heavy atom. The molecule has 2 aromatic rings. The van der Waals surface area contributed by atoms with Gasteiger partial charge in [0, 0.05) is 12.6 Å². The molecule has 1 heterocycles. The lowest BCUT2D eigenvalue weighted by atomic mass is 10.1. The van der Waals surface area contributed by atoms with Gasteiger partial charge in [-0.15, -0.1) is 0 Å². The normalized spacial score (nSPS) is 10.1. The van der Waals surface area contributed by atoms with E-state index in [9.17, 15) is 4.79 Å². The molecule has 5 heteroatoms. The number of methoxy groups -OCH3 is 1. The van der Waals surface area contributed by atoms with Gasteiger partial charge in [-0.1, -0.05) is 12.1 Å². The summed E-state index contributed by atoms with van der Waals surface area (Å²) in [5, 5.41) is 0. The molecule has 1 aromatic heterocycles. The second-order valence-electron chi connectivity index (χ2n) is 4.16. The second-order valence-corrected chi connectivity index (χ2v) is 4.16. The third-order valence-corrected chi connectivity index (χ3v) is 2.81. The molecule has 0 fully saturated rings. The van der Waals surface area contributed by atoms with E-state index in [0.717, 1.165) is 17.7 Å². The van der Waals surface area contributed by atoms with Crippen LogP contribution in [0.1, 0.15) is 16.1 Å². The summed E-state index contributed by atoms with van der Waals surface area (Å²) in [5.41, 5.74) is 6.51. The number of primary amides is 1. The molecule has 2 rings (SSSR count). The van der Waals surface area contributed by atoms with Crippen LogP contribution in [-0.2, 0) is 6.42 Å². The van der Waals surface area contributed by atoms with Crippen molar-refractivity contribution in [3.05, 3.63) is 53.9 Å². The molecule has 0 atom stereocenters. The number of rotatable bonds is 6. The number of pyridine rings is 1. The van der Waals surface area contributed by atoms with E-state index in [1.54, 1.807) is 19.2 Å². The van der Waals surface area contributed by atoms with Crippen LogP contribution in [0.25, 0.3) is 0 Å². The van der Waals surface area contributed by atoms with Crippen molar-refractivity contribution in [3.63, 3.8) is 0 Å². The van der Waals surface area contributed by atoms with Gasteiger partial charge in [0.25, 0.3) is 5.91 Å². The van der Waals surface area contributed by atoms with E-state index in [0.29, 0.717) is 12.4 Å². The fraction of sp³-hybridized carbons (Fsp3) is 0.200. The molecular weight excluding hydrogens is 256 g/mol. The molecule has 5 nitrogen and oxygen atoms in total. The van der Waals surface area contributed by atoms with E-state index >= 15 is 0 Å². The fourth-order valence-corrected chi connectivity index (χ4v) is 1.76. The number of hydrogen-bond donors (Lipinski definition) is 1. The van der Waals surface area contributed by atoms with Crippen molar-refractivity contribution in [2.45, 2.75) is 6.42 Å². The Morgan fingerprint density at radius 3 is 2.65 bits per heavy atom. The summed E-state index contributed by atoms with van der Waals surface area (Å²) < 4.78 is 10.7. The van der Waals surface area contributed by atoms with Crippen LogP contribution in [0.4, 0.5) is 0 Å². The van der Waals surface area contributed by atoms with Gasteiger partial charge in [0.05, 0.1) is 13.7 Å². The van der Waals surface area contributed by atoms with E-state index in [4.69, 9.17) is 15.2 Å². The standard InChI is InChI=1S/C15H16N2O3/c1-19-12-6-4-11(5-7-12)8-10-20-13-3-2-9-17-14(13)15(16)18/h2-7,9H,8,10H2,1H3,(H2,16,18). The monoisotopic (exact) mass is 272 g/mol. The largest absolute Gasteiger partial charge is 0.497 e. The van der Waals surface area contributed by atoms with Gasteiger partial charge in [-0.2, -0.15) is 0 Å². The van der Waals surface area contributed by atoms with Crippen LogP contribution < -0.4 is 15.2 Å². The number of carbonyl (C=O) groups is 1. The van der Waals surface area contributed by atoms with E-state index < -0.39 is 5.91 Å². The Kier molecular flexibility index (Phi) is 4.55. The summed E-state index contributed by atoms with van der Waals surface area (Å²) >= 11 is 0. The molecular formula is C15H16N2O3. The van der Waals surface area contributed by atoms with Crippen molar-refractivity contribution in [2.75, 3.05) is 13.7 Å². The van der Waals surface area contributed by atoms with Crippen molar-refractivity contribution in [2.24, 2.45) is 5.73 Å². The maximum atomic E-state index is 11.2. The molecule has 1 amide bonds. The average Bonchev–Trinajstić information content (AvgIpc) is 2.48. The molecule has 2 N–H and O–H groups in total. The Bertz CT molecular complexity index is 582. The van der Waals surface area contributed by atoms with Crippen LogP contribution in [0, 0.1) is 0 Å². The van der Waals surface area contributed by atoms with Crippen LogP contribution in [0.3, 0.4) is 0 Å². The first-order chi connectivity index (χ1) is 9.70. The molecule has 0 saturated carbocycles. The number of nitrogens with zero attached hydrogens (tertiary/aromatic N) is 1. The van der Waals surface area contributed by atoms with Crippen LogP contribution in [-0.4, -0.2) is 24.6 Å². The van der Waals surface area contributed by atoms with Crippen LogP contribution in [0.5, 0.6) is 11.5 Å². The average molecular weight is 272 g/mol. The summed E-state index contributed by atoms with van der Waals surface area (Å²) in [6, 6.07) is 11.1. The SMILES string of the molecule is COc1ccc(CCOc2cccnc2C(N)=O)cc1. The predicted molar refractivity (Wildman–Crippen MR) is 74.9 cm³/mol. The molecule has 0 bridgehead atoms. The third kappa shape index (κ3) is 3.47. The smallest absolute Gasteiger partial charge is 0.271 e. The van der Waals surface area contributed by atoms with Gasteiger partial charge in [0.2, 0.25) is 0 Å². The topological polar surface area (TPSA) is 74.4 Å². The third-order valence-electron chi connectivity index (χ3n) is 2.81. The Labute approximate surface area is 117 Å². The first-order valence-electron chi connectivity index (χ1n) is 6.21. The molecule has 104 valence electrons. The lowest BCUT2D eigenvalue weighted by Crippen LogP contribution is -2.15. The van der Waals surface area contributed by atoms with Crippen molar-refractivity contribution >= 4 is 5.91 Å². The lowest BCUT2D eigenvalue weighted by Gasteiger charge is -2.09. The Hall–Kier alpha value is -2.56. The number of benzene rings is 1. The molecule has 0 saturated heterocycles. The van der Waals surface area contributed by atoms with Gasteiger partial charge in [0.15, 0.2) is 11.4 Å². The van der Waals surface area contributed by atoms with Crippen molar-refractivity contribution < 1.29 is 14.3 Å². The summed E-state index contributed by atoms with van der Waals surface area (Å²) in [5.74, 6) is 0.636. The van der Waals surface area contributed by atoms with E-state index in [1.807, 2.05) is 24.3 Å². The molecule has 20 heavy (non-hydrogen) atoms. The first-order valence-corrected chi connectivity index (χ1v) is 6.21. The maximum absolute atomic E-state index is 11.2. The zero-order valence-corrected chi connectivity index (χ0v) is 11.2. The zero-order valence-electron chi connectivity index (χ0n) is 11.2.